The van der Waals surface area contributed by atoms with Crippen LogP contribution in [0.5, 0.6) is 0 Å². The van der Waals surface area contributed by atoms with Gasteiger partial charge in [0, 0.05) is 6.61 Å². The van der Waals surface area contributed by atoms with Gasteiger partial charge in [-0.2, -0.15) is 0 Å². The van der Waals surface area contributed by atoms with Crippen molar-refractivity contribution in [3.05, 3.63) is 0 Å². The van der Waals surface area contributed by atoms with Crippen LogP contribution in [0.2, 0.25) is 0 Å². The molecule has 3 rings (SSSR count). The molecule has 2 heteroatoms. The first-order valence-corrected chi connectivity index (χ1v) is 12.4. The summed E-state index contributed by atoms with van der Waals surface area (Å²) in [7, 11) is 0.0808. The van der Waals surface area contributed by atoms with Crippen LogP contribution < -0.4 is 0 Å². The van der Waals surface area contributed by atoms with Crippen molar-refractivity contribution in [3.63, 3.8) is 0 Å². The molecule has 1 aliphatic carbocycles. The highest BCUT2D eigenvalue weighted by molar-refractivity contribution is 7.60. The number of hydrogen-bond donors (Lipinski definition) is 0. The molecule has 2 heterocycles. The maximum atomic E-state index is 6.62. The lowest BCUT2D eigenvalue weighted by Crippen LogP contribution is -2.49. The normalized spacial score (nSPS) is 45.6. The molecule has 140 valence electrons. The molecule has 2 saturated heterocycles. The average Bonchev–Trinajstić information content (AvgIpc) is 3.06. The molecule has 0 aromatic heterocycles. The Labute approximate surface area is 152 Å². The Bertz CT molecular complexity index is 416. The summed E-state index contributed by atoms with van der Waals surface area (Å²) < 4.78 is 6.62. The minimum atomic E-state index is 0.0808. The van der Waals surface area contributed by atoms with Gasteiger partial charge in [-0.1, -0.05) is 61.8 Å². The summed E-state index contributed by atoms with van der Waals surface area (Å²) in [5.74, 6) is 2.52. The molecule has 1 saturated carbocycles. The first-order valence-electron chi connectivity index (χ1n) is 10.8. The zero-order valence-electron chi connectivity index (χ0n) is 16.9. The largest absolute Gasteiger partial charge is 0.374 e. The molecule has 1 nitrogen and oxygen atoms in total. The van der Waals surface area contributed by atoms with Crippen LogP contribution >= 0.6 is 7.92 Å². The second kappa shape index (κ2) is 7.56. The van der Waals surface area contributed by atoms with Gasteiger partial charge in [-0.25, -0.2) is 0 Å². The van der Waals surface area contributed by atoms with Crippen molar-refractivity contribution in [1.29, 1.82) is 0 Å². The number of rotatable bonds is 5. The average molecular weight is 353 g/mol. The van der Waals surface area contributed by atoms with E-state index in [1.54, 1.807) is 0 Å². The lowest BCUT2D eigenvalue weighted by atomic mass is 9.76. The molecule has 0 N–H and O–H groups in total. The fourth-order valence-corrected chi connectivity index (χ4v) is 10.6. The third-order valence-corrected chi connectivity index (χ3v) is 12.5. The fraction of sp³-hybridized carbons (Fsp3) is 1.00. The van der Waals surface area contributed by atoms with E-state index in [1.807, 2.05) is 0 Å². The third-order valence-electron chi connectivity index (χ3n) is 8.39. The van der Waals surface area contributed by atoms with E-state index in [0.29, 0.717) is 11.1 Å². The topological polar surface area (TPSA) is 9.23 Å². The second-order valence-electron chi connectivity index (χ2n) is 9.55. The van der Waals surface area contributed by atoms with Gasteiger partial charge in [-0.15, -0.1) is 0 Å². The first-order chi connectivity index (χ1) is 11.4. The molecular weight excluding hydrogens is 311 g/mol. The molecule has 3 aliphatic rings. The van der Waals surface area contributed by atoms with Crippen molar-refractivity contribution in [3.8, 4) is 0 Å². The molecule has 2 aliphatic heterocycles. The van der Waals surface area contributed by atoms with Gasteiger partial charge >= 0.3 is 0 Å². The van der Waals surface area contributed by atoms with Crippen LogP contribution in [0.4, 0.5) is 0 Å². The van der Waals surface area contributed by atoms with Crippen molar-refractivity contribution in [2.45, 2.75) is 109 Å². The van der Waals surface area contributed by atoms with E-state index >= 15 is 0 Å². The standard InChI is InChI=1S/C22H41OP/c1-6-17(2)19(4)22(14-9-15-23-22)16-24-18(3)11-12-20-10-7-8-13-21(20,24)5/h17-20H,6-16H2,1-5H3/t17-,18?,19?,20?,21+,22?,24?/m1/s1. The summed E-state index contributed by atoms with van der Waals surface area (Å²) in [5.41, 5.74) is 1.15. The predicted octanol–water partition coefficient (Wildman–Crippen LogP) is 6.83. The number of ether oxygens (including phenoxy) is 1. The maximum absolute atomic E-state index is 6.62. The van der Waals surface area contributed by atoms with E-state index in [-0.39, 0.29) is 13.5 Å². The van der Waals surface area contributed by atoms with Gasteiger partial charge in [0.25, 0.3) is 0 Å². The molecule has 0 amide bonds. The Morgan fingerprint density at radius 2 is 1.88 bits per heavy atom. The number of fused-ring (bicyclic) bond motifs is 1. The molecule has 0 bridgehead atoms. The lowest BCUT2D eigenvalue weighted by molar-refractivity contribution is -0.0382. The van der Waals surface area contributed by atoms with Crippen LogP contribution in [0.25, 0.3) is 0 Å². The highest BCUT2D eigenvalue weighted by atomic mass is 31.1. The zero-order valence-corrected chi connectivity index (χ0v) is 17.8. The van der Waals surface area contributed by atoms with E-state index in [4.69, 9.17) is 4.74 Å². The van der Waals surface area contributed by atoms with Crippen molar-refractivity contribution in [2.75, 3.05) is 12.8 Å². The fourth-order valence-electron chi connectivity index (χ4n) is 6.17. The minimum absolute atomic E-state index is 0.0808. The highest BCUT2D eigenvalue weighted by Crippen LogP contribution is 2.68. The summed E-state index contributed by atoms with van der Waals surface area (Å²) in [6.07, 6.45) is 14.3. The van der Waals surface area contributed by atoms with Crippen molar-refractivity contribution < 1.29 is 4.74 Å². The molecular formula is C22H41OP. The van der Waals surface area contributed by atoms with Crippen molar-refractivity contribution >= 4 is 7.92 Å². The van der Waals surface area contributed by atoms with Crippen LogP contribution in [0.1, 0.15) is 92.4 Å². The summed E-state index contributed by atoms with van der Waals surface area (Å²) in [4.78, 5) is 0. The Balaban J connectivity index is 1.84. The number of hydrogen-bond acceptors (Lipinski definition) is 1. The summed E-state index contributed by atoms with van der Waals surface area (Å²) in [6.45, 7) is 13.6. The van der Waals surface area contributed by atoms with E-state index in [1.165, 1.54) is 63.9 Å². The molecule has 0 radical (unpaired) electrons. The van der Waals surface area contributed by atoms with Crippen LogP contribution in [-0.4, -0.2) is 29.2 Å². The molecule has 7 atom stereocenters. The molecule has 3 fully saturated rings. The second-order valence-corrected chi connectivity index (χ2v) is 12.7. The van der Waals surface area contributed by atoms with Gasteiger partial charge in [0.2, 0.25) is 0 Å². The van der Waals surface area contributed by atoms with Gasteiger partial charge in [-0.3, -0.25) is 0 Å². The first kappa shape index (κ1) is 19.2. The van der Waals surface area contributed by atoms with E-state index in [2.05, 4.69) is 34.6 Å². The van der Waals surface area contributed by atoms with Gasteiger partial charge in [0.05, 0.1) is 5.60 Å². The quantitative estimate of drug-likeness (QED) is 0.493. The SMILES string of the molecule is CC[C@@H](C)C(C)C1(CP2C(C)CCC3CCCC[C@@]32C)CCCO1. The van der Waals surface area contributed by atoms with Gasteiger partial charge < -0.3 is 4.74 Å². The Hall–Kier alpha value is 0.390. The van der Waals surface area contributed by atoms with Crippen LogP contribution in [0, 0.1) is 17.8 Å². The molecule has 0 spiro atoms. The van der Waals surface area contributed by atoms with Crippen LogP contribution in [0.3, 0.4) is 0 Å². The van der Waals surface area contributed by atoms with Gasteiger partial charge in [-0.05, 0) is 73.3 Å². The van der Waals surface area contributed by atoms with Crippen LogP contribution in [-0.2, 0) is 4.74 Å². The molecule has 24 heavy (non-hydrogen) atoms. The summed E-state index contributed by atoms with van der Waals surface area (Å²) in [5, 5.41) is 0.652. The zero-order chi connectivity index (χ0) is 17.4. The van der Waals surface area contributed by atoms with Gasteiger partial charge in [0.15, 0.2) is 0 Å². The minimum Gasteiger partial charge on any atom is -0.374 e. The van der Waals surface area contributed by atoms with Crippen LogP contribution in [0.15, 0.2) is 0 Å². The molecule has 0 aromatic carbocycles. The molecule has 0 aromatic rings. The van der Waals surface area contributed by atoms with Gasteiger partial charge in [0.1, 0.15) is 0 Å². The Morgan fingerprint density at radius 3 is 2.54 bits per heavy atom. The van der Waals surface area contributed by atoms with E-state index in [9.17, 15) is 0 Å². The molecule has 5 unspecified atom stereocenters. The Kier molecular flexibility index (Phi) is 6.03. The maximum Gasteiger partial charge on any atom is 0.0750 e. The Morgan fingerprint density at radius 1 is 1.08 bits per heavy atom. The monoisotopic (exact) mass is 352 g/mol. The van der Waals surface area contributed by atoms with E-state index < -0.39 is 0 Å². The van der Waals surface area contributed by atoms with E-state index in [0.717, 1.165) is 24.1 Å². The highest BCUT2D eigenvalue weighted by Gasteiger charge is 2.52. The smallest absolute Gasteiger partial charge is 0.0750 e. The third kappa shape index (κ3) is 3.34. The van der Waals surface area contributed by atoms with Crippen molar-refractivity contribution in [2.24, 2.45) is 17.8 Å². The predicted molar refractivity (Wildman–Crippen MR) is 107 cm³/mol. The summed E-state index contributed by atoms with van der Waals surface area (Å²) >= 11 is 0. The summed E-state index contributed by atoms with van der Waals surface area (Å²) in [6, 6.07) is 0. The van der Waals surface area contributed by atoms with Crippen molar-refractivity contribution in [1.82, 2.24) is 0 Å². The lowest BCUT2D eigenvalue weighted by Gasteiger charge is -2.56.